The van der Waals surface area contributed by atoms with E-state index in [1.165, 1.54) is 0 Å². The first-order valence-corrected chi connectivity index (χ1v) is 16.8. The van der Waals surface area contributed by atoms with E-state index in [1.807, 2.05) is 0 Å². The molecule has 1 heterocycles. The molecule has 4 saturated carbocycles. The largest absolute Gasteiger partial charge is 1.00 e. The minimum Gasteiger partial charge on any atom is -0.550 e. The second-order valence-corrected chi connectivity index (χ2v) is 15.3. The Hall–Kier alpha value is -2.15. The number of carboxylic acids is 1. The molecule has 4 fully saturated rings. The average molecular weight is 630 g/mol. The van der Waals surface area contributed by atoms with Crippen molar-refractivity contribution >= 4 is 28.5 Å². The van der Waals surface area contributed by atoms with Gasteiger partial charge in [0.1, 0.15) is 5.58 Å². The van der Waals surface area contributed by atoms with Crippen LogP contribution in [0.3, 0.4) is 0 Å². The van der Waals surface area contributed by atoms with Crippen molar-refractivity contribution in [3.8, 4) is 0 Å². The number of aryl methyl sites for hydroxylation is 1. The first kappa shape index (κ1) is 35.2. The number of rotatable bonds is 7. The molecule has 9 nitrogen and oxygen atoms in total. The normalized spacial score (nSPS) is 37.4. The van der Waals surface area contributed by atoms with Crippen LogP contribution in [0.5, 0.6) is 0 Å². The molecule has 246 valence electrons. The van der Waals surface area contributed by atoms with Gasteiger partial charge < -0.3 is 35.0 Å². The zero-order chi connectivity index (χ0) is 32.4. The third-order valence-corrected chi connectivity index (χ3v) is 13.2. The molecule has 0 radical (unpaired) electrons. The zero-order valence-electron chi connectivity index (χ0n) is 27.9. The molecule has 11 atom stereocenters. The van der Waals surface area contributed by atoms with E-state index in [2.05, 4.69) is 26.1 Å². The van der Waals surface area contributed by atoms with E-state index in [9.17, 15) is 34.8 Å². The molecule has 0 saturated heterocycles. The van der Waals surface area contributed by atoms with Crippen LogP contribution < -0.4 is 34.9 Å². The van der Waals surface area contributed by atoms with E-state index >= 15 is 0 Å². The van der Waals surface area contributed by atoms with Gasteiger partial charge in [-0.25, -0.2) is 4.79 Å². The molecule has 0 aliphatic heterocycles. The van der Waals surface area contributed by atoms with Crippen molar-refractivity contribution in [1.82, 2.24) is 0 Å². The van der Waals surface area contributed by atoms with Crippen molar-refractivity contribution in [3.63, 3.8) is 0 Å². The summed E-state index contributed by atoms with van der Waals surface area (Å²) in [6.07, 6.45) is 5.13. The molecule has 1 aromatic carbocycles. The molecule has 46 heavy (non-hydrogen) atoms. The Kier molecular flexibility index (Phi) is 9.97. The fraction of sp³-hybridized carbons (Fsp3) is 0.694. The summed E-state index contributed by atoms with van der Waals surface area (Å²) in [6, 6.07) is 5.00. The number of carbonyl (C=O) groups excluding carboxylic acids is 2. The molecule has 4 N–H and O–H groups in total. The summed E-state index contributed by atoms with van der Waals surface area (Å²) in [5.74, 6) is -0.137. The van der Waals surface area contributed by atoms with Gasteiger partial charge in [0.2, 0.25) is 5.91 Å². The van der Waals surface area contributed by atoms with Gasteiger partial charge in [0.05, 0.1) is 18.3 Å². The number of nitrogens with one attached hydrogen (secondary N) is 1. The predicted octanol–water partition coefficient (Wildman–Crippen LogP) is 0.714. The molecule has 0 spiro atoms. The Bertz CT molecular complexity index is 1540. The summed E-state index contributed by atoms with van der Waals surface area (Å²) in [7, 11) is 0. The van der Waals surface area contributed by atoms with Gasteiger partial charge in [-0.2, -0.15) is 0 Å². The molecule has 1 amide bonds. The maximum absolute atomic E-state index is 13.1. The average Bonchev–Trinajstić information content (AvgIpc) is 3.33. The molecule has 0 bridgehead atoms. The second-order valence-electron chi connectivity index (χ2n) is 15.3. The third-order valence-electron chi connectivity index (χ3n) is 13.2. The number of fused-ring (bicyclic) bond motifs is 6. The Morgan fingerprint density at radius 3 is 2.54 bits per heavy atom. The van der Waals surface area contributed by atoms with Crippen LogP contribution in [-0.4, -0.2) is 45.5 Å². The molecule has 2 aromatic rings. The smallest absolute Gasteiger partial charge is 0.550 e. The standard InChI is InChI=1S/C36H49NO8.Li/c1-18(5-10-31(41)37-21-6-7-23-19(2)24(16-32(42)43)34(44)45-29(23)15-21)25-8-9-26-33-27(17-30(40)36(25,26)4)35(3)12-11-22(38)13-20(35)14-28(33)39;/h6-7,15,18,20,22,25-28,30,33,38-40H,5,8-14,16-17H2,1-4H3,(H,37,41)(H,42,43);/q;+1/p-1/t18-,20+,22-,25-,26+,27+,28-,30+,33+,35+,36-;/m1./s1. The van der Waals surface area contributed by atoms with E-state index < -0.39 is 30.2 Å². The summed E-state index contributed by atoms with van der Waals surface area (Å²) >= 11 is 0. The quantitative estimate of drug-likeness (QED) is 0.258. The number of benzene rings is 1. The van der Waals surface area contributed by atoms with Crippen molar-refractivity contribution < 1.29 is 53.3 Å². The van der Waals surface area contributed by atoms with Gasteiger partial charge in [-0.05, 0) is 122 Å². The monoisotopic (exact) mass is 629 g/mol. The van der Waals surface area contributed by atoms with Gasteiger partial charge in [0.25, 0.3) is 0 Å². The van der Waals surface area contributed by atoms with E-state index in [-0.39, 0.29) is 82.4 Å². The predicted molar refractivity (Wildman–Crippen MR) is 167 cm³/mol. The second kappa shape index (κ2) is 13.0. The molecule has 1 aromatic heterocycles. The van der Waals surface area contributed by atoms with E-state index in [0.29, 0.717) is 41.8 Å². The third kappa shape index (κ3) is 5.89. The molecular formula is C36H48LiNO8. The van der Waals surface area contributed by atoms with Gasteiger partial charge >= 0.3 is 24.5 Å². The van der Waals surface area contributed by atoms with Crippen LogP contribution in [0.4, 0.5) is 5.69 Å². The number of aliphatic hydroxyl groups is 3. The number of amides is 1. The summed E-state index contributed by atoms with van der Waals surface area (Å²) < 4.78 is 5.37. The molecule has 4 aliphatic rings. The number of aliphatic carboxylic acids is 1. The van der Waals surface area contributed by atoms with Crippen molar-refractivity contribution in [2.45, 2.75) is 110 Å². The fourth-order valence-electron chi connectivity index (χ4n) is 10.7. The SMILES string of the molecule is Cc1c(CC(=O)[O-])c(=O)oc2cc(NC(=O)CC[C@@H](C)[C@H]3CC[C@H]4[C@@H]5[C@H](O)C[C@@H]6C[C@H](O)CC[C@]6(C)[C@H]5C[C@H](O)[C@]34C)ccc12.[Li+]. The van der Waals surface area contributed by atoms with Crippen LogP contribution in [0, 0.1) is 53.3 Å². The molecule has 6 rings (SSSR count). The van der Waals surface area contributed by atoms with Gasteiger partial charge in [0.15, 0.2) is 0 Å². The van der Waals surface area contributed by atoms with Crippen LogP contribution in [-0.2, 0) is 16.0 Å². The maximum atomic E-state index is 13.1. The van der Waals surface area contributed by atoms with Gasteiger partial charge in [-0.1, -0.05) is 20.8 Å². The first-order chi connectivity index (χ1) is 21.2. The van der Waals surface area contributed by atoms with Gasteiger partial charge in [-0.3, -0.25) is 4.79 Å². The number of carboxylic acid groups (broad SMARTS) is 1. The minimum atomic E-state index is -1.35. The van der Waals surface area contributed by atoms with Crippen molar-refractivity contribution in [1.29, 1.82) is 0 Å². The van der Waals surface area contributed by atoms with Crippen molar-refractivity contribution in [2.75, 3.05) is 5.32 Å². The van der Waals surface area contributed by atoms with Crippen LogP contribution in [0.15, 0.2) is 27.4 Å². The fourth-order valence-corrected chi connectivity index (χ4v) is 10.7. The van der Waals surface area contributed by atoms with E-state index in [4.69, 9.17) is 4.42 Å². The van der Waals surface area contributed by atoms with Crippen LogP contribution in [0.25, 0.3) is 11.0 Å². The van der Waals surface area contributed by atoms with Crippen LogP contribution in [0.1, 0.15) is 89.7 Å². The summed E-state index contributed by atoms with van der Waals surface area (Å²) in [4.78, 5) is 36.5. The van der Waals surface area contributed by atoms with Crippen LogP contribution in [0.2, 0.25) is 0 Å². The Balaban J connectivity index is 0.00000417. The minimum absolute atomic E-state index is 0. The number of carbonyl (C=O) groups is 2. The van der Waals surface area contributed by atoms with E-state index in [0.717, 1.165) is 38.5 Å². The Labute approximate surface area is 282 Å². The number of anilines is 1. The van der Waals surface area contributed by atoms with Crippen molar-refractivity contribution in [3.05, 3.63) is 39.7 Å². The van der Waals surface area contributed by atoms with Gasteiger partial charge in [-0.15, -0.1) is 0 Å². The van der Waals surface area contributed by atoms with Gasteiger partial charge in [0, 0.05) is 41.5 Å². The zero-order valence-corrected chi connectivity index (χ0v) is 27.9. The number of hydrogen-bond donors (Lipinski definition) is 4. The number of aliphatic hydroxyl groups excluding tert-OH is 3. The van der Waals surface area contributed by atoms with Crippen LogP contribution >= 0.6 is 0 Å². The first-order valence-electron chi connectivity index (χ1n) is 16.8. The maximum Gasteiger partial charge on any atom is 1.00 e. The molecular weight excluding hydrogens is 581 g/mol. The molecule has 4 aliphatic carbocycles. The summed E-state index contributed by atoms with van der Waals surface area (Å²) in [5, 5.41) is 48.3. The summed E-state index contributed by atoms with van der Waals surface area (Å²) in [5.41, 5.74) is 0.325. The summed E-state index contributed by atoms with van der Waals surface area (Å²) in [6.45, 7) is 8.41. The molecule has 10 heteroatoms. The number of hydrogen-bond acceptors (Lipinski definition) is 8. The van der Waals surface area contributed by atoms with E-state index in [1.54, 1.807) is 25.1 Å². The van der Waals surface area contributed by atoms with Crippen molar-refractivity contribution in [2.24, 2.45) is 46.3 Å². The molecule has 0 unspecified atom stereocenters. The topological polar surface area (TPSA) is 160 Å². The Morgan fingerprint density at radius 2 is 1.83 bits per heavy atom. The Morgan fingerprint density at radius 1 is 1.09 bits per heavy atom.